The summed E-state index contributed by atoms with van der Waals surface area (Å²) in [5, 5.41) is 0. The number of hydrogen-bond acceptors (Lipinski definition) is 2. The lowest BCUT2D eigenvalue weighted by atomic mass is 9.68. The molecular formula is C26H20BrNO2. The first-order valence-corrected chi connectivity index (χ1v) is 10.9. The maximum absolute atomic E-state index is 13.7. The highest BCUT2D eigenvalue weighted by molar-refractivity contribution is 9.10. The van der Waals surface area contributed by atoms with Gasteiger partial charge < -0.3 is 0 Å². The predicted molar refractivity (Wildman–Crippen MR) is 121 cm³/mol. The van der Waals surface area contributed by atoms with E-state index in [4.69, 9.17) is 0 Å². The third kappa shape index (κ3) is 3.03. The zero-order valence-corrected chi connectivity index (χ0v) is 17.8. The molecule has 2 amide bonds. The highest BCUT2D eigenvalue weighted by Gasteiger charge is 2.55. The minimum Gasteiger partial charge on any atom is -0.274 e. The Morgan fingerprint density at radius 1 is 0.600 bits per heavy atom. The van der Waals surface area contributed by atoms with Crippen LogP contribution in [0.1, 0.15) is 23.0 Å². The molecule has 1 saturated heterocycles. The molecule has 3 aromatic rings. The van der Waals surface area contributed by atoms with Crippen molar-refractivity contribution >= 4 is 33.4 Å². The van der Waals surface area contributed by atoms with Gasteiger partial charge in [0.2, 0.25) is 11.8 Å². The van der Waals surface area contributed by atoms with Crippen molar-refractivity contribution < 1.29 is 9.59 Å². The summed E-state index contributed by atoms with van der Waals surface area (Å²) in [4.78, 5) is 28.8. The van der Waals surface area contributed by atoms with Crippen molar-refractivity contribution in [2.75, 3.05) is 4.90 Å². The Morgan fingerprint density at radius 3 is 1.50 bits per heavy atom. The van der Waals surface area contributed by atoms with E-state index in [-0.39, 0.29) is 23.7 Å². The lowest BCUT2D eigenvalue weighted by Crippen LogP contribution is -2.31. The number of halogens is 1. The Morgan fingerprint density at radius 2 is 1.03 bits per heavy atom. The van der Waals surface area contributed by atoms with Crippen LogP contribution in [0.3, 0.4) is 0 Å². The molecule has 4 heteroatoms. The van der Waals surface area contributed by atoms with E-state index in [2.05, 4.69) is 28.1 Å². The molecule has 1 aliphatic carbocycles. The van der Waals surface area contributed by atoms with Gasteiger partial charge in [0.25, 0.3) is 0 Å². The van der Waals surface area contributed by atoms with Crippen LogP contribution >= 0.6 is 15.9 Å². The van der Waals surface area contributed by atoms with E-state index in [1.165, 1.54) is 4.90 Å². The maximum Gasteiger partial charge on any atom is 0.238 e. The van der Waals surface area contributed by atoms with Crippen molar-refractivity contribution in [1.29, 1.82) is 0 Å². The van der Waals surface area contributed by atoms with Crippen LogP contribution in [0.25, 0.3) is 0 Å². The first kappa shape index (κ1) is 19.0. The molecule has 0 radical (unpaired) electrons. The van der Waals surface area contributed by atoms with Crippen LogP contribution in [0.5, 0.6) is 0 Å². The Bertz CT molecular complexity index is 1060. The summed E-state index contributed by atoms with van der Waals surface area (Å²) in [7, 11) is 0. The highest BCUT2D eigenvalue weighted by atomic mass is 79.9. The van der Waals surface area contributed by atoms with Gasteiger partial charge in [0.05, 0.1) is 17.5 Å². The van der Waals surface area contributed by atoms with Crippen LogP contribution in [-0.4, -0.2) is 11.8 Å². The SMILES string of the molecule is O=C1[C@@H]2[C@H](C(=O)N1c1ccccc1Br)[C@@H](c1ccccc1)C=C[C@H]2c1ccccc1. The van der Waals surface area contributed by atoms with Gasteiger partial charge in [0.15, 0.2) is 0 Å². The smallest absolute Gasteiger partial charge is 0.238 e. The van der Waals surface area contributed by atoms with Crippen LogP contribution in [0, 0.1) is 11.8 Å². The molecule has 0 unspecified atom stereocenters. The highest BCUT2D eigenvalue weighted by Crippen LogP contribution is 2.50. The van der Waals surface area contributed by atoms with E-state index < -0.39 is 11.8 Å². The molecule has 0 saturated carbocycles. The second-order valence-electron chi connectivity index (χ2n) is 7.77. The number of rotatable bonds is 3. The monoisotopic (exact) mass is 457 g/mol. The zero-order chi connectivity index (χ0) is 20.7. The molecule has 4 atom stereocenters. The molecule has 148 valence electrons. The van der Waals surface area contributed by atoms with Gasteiger partial charge in [0, 0.05) is 16.3 Å². The molecule has 0 spiro atoms. The number of para-hydroxylation sites is 1. The van der Waals surface area contributed by atoms with Crippen molar-refractivity contribution in [2.45, 2.75) is 11.8 Å². The summed E-state index contributed by atoms with van der Waals surface area (Å²) in [5.41, 5.74) is 2.73. The van der Waals surface area contributed by atoms with Gasteiger partial charge in [-0.3, -0.25) is 9.59 Å². The number of nitrogens with zero attached hydrogens (tertiary/aromatic N) is 1. The number of anilines is 1. The Hall–Kier alpha value is -2.98. The quantitative estimate of drug-likeness (QED) is 0.374. The average Bonchev–Trinajstić information content (AvgIpc) is 3.06. The van der Waals surface area contributed by atoms with Crippen molar-refractivity contribution in [1.82, 2.24) is 0 Å². The molecule has 0 aromatic heterocycles. The standard InChI is InChI=1S/C26H20BrNO2/c27-21-13-7-8-14-22(21)28-25(29)23-19(17-9-3-1-4-10-17)15-16-20(24(23)26(28)30)18-11-5-2-6-12-18/h1-16,19-20,23-24H/t19-,20+,23-,24+. The van der Waals surface area contributed by atoms with Gasteiger partial charge in [-0.05, 0) is 39.2 Å². The maximum atomic E-state index is 13.7. The van der Waals surface area contributed by atoms with Gasteiger partial charge in [-0.2, -0.15) is 0 Å². The number of carbonyl (C=O) groups excluding carboxylic acids is 2. The first-order valence-electron chi connectivity index (χ1n) is 10.1. The van der Waals surface area contributed by atoms with E-state index >= 15 is 0 Å². The third-order valence-electron chi connectivity index (χ3n) is 6.16. The summed E-state index contributed by atoms with van der Waals surface area (Å²) in [6.45, 7) is 0. The molecule has 30 heavy (non-hydrogen) atoms. The first-order chi connectivity index (χ1) is 14.7. The predicted octanol–water partition coefficient (Wildman–Crippen LogP) is 5.69. The lowest BCUT2D eigenvalue weighted by molar-refractivity contribution is -0.122. The molecule has 0 N–H and O–H groups in total. The number of imide groups is 1. The Labute approximate surface area is 184 Å². The minimum absolute atomic E-state index is 0.125. The molecule has 2 aliphatic rings. The Kier molecular flexibility index (Phi) is 4.87. The fourth-order valence-corrected chi connectivity index (χ4v) is 5.27. The lowest BCUT2D eigenvalue weighted by Gasteiger charge is -2.32. The van der Waals surface area contributed by atoms with Gasteiger partial charge in [-0.15, -0.1) is 0 Å². The molecular weight excluding hydrogens is 438 g/mol. The molecule has 3 nitrogen and oxygen atoms in total. The van der Waals surface area contributed by atoms with E-state index in [1.54, 1.807) is 0 Å². The number of hydrogen-bond donors (Lipinski definition) is 0. The normalized spacial score (nSPS) is 25.4. The van der Waals surface area contributed by atoms with Gasteiger partial charge in [-0.25, -0.2) is 4.90 Å². The third-order valence-corrected chi connectivity index (χ3v) is 6.83. The van der Waals surface area contributed by atoms with E-state index in [1.807, 2.05) is 84.9 Å². The summed E-state index contributed by atoms with van der Waals surface area (Å²) in [6, 6.07) is 27.4. The van der Waals surface area contributed by atoms with Crippen LogP contribution in [0.4, 0.5) is 5.69 Å². The van der Waals surface area contributed by atoms with Crippen molar-refractivity contribution in [3.8, 4) is 0 Å². The Balaban J connectivity index is 1.65. The summed E-state index contributed by atoms with van der Waals surface area (Å²) in [6.07, 6.45) is 4.23. The molecule has 1 aliphatic heterocycles. The minimum atomic E-state index is -0.429. The molecule has 3 aromatic carbocycles. The summed E-state index contributed by atoms with van der Waals surface area (Å²) < 4.78 is 0.742. The summed E-state index contributed by atoms with van der Waals surface area (Å²) >= 11 is 3.52. The second-order valence-corrected chi connectivity index (χ2v) is 8.63. The fraction of sp³-hybridized carbons (Fsp3) is 0.154. The molecule has 1 heterocycles. The fourth-order valence-electron chi connectivity index (χ4n) is 4.80. The number of fused-ring (bicyclic) bond motifs is 1. The zero-order valence-electron chi connectivity index (χ0n) is 16.2. The molecule has 5 rings (SSSR count). The van der Waals surface area contributed by atoms with Crippen molar-refractivity contribution in [3.63, 3.8) is 0 Å². The van der Waals surface area contributed by atoms with E-state index in [0.29, 0.717) is 5.69 Å². The number of carbonyl (C=O) groups is 2. The second kappa shape index (κ2) is 7.69. The van der Waals surface area contributed by atoms with Crippen LogP contribution in [0.15, 0.2) is 102 Å². The van der Waals surface area contributed by atoms with Gasteiger partial charge in [-0.1, -0.05) is 84.9 Å². The molecule has 1 fully saturated rings. The van der Waals surface area contributed by atoms with Crippen LogP contribution in [0.2, 0.25) is 0 Å². The van der Waals surface area contributed by atoms with Gasteiger partial charge in [0.1, 0.15) is 0 Å². The number of benzene rings is 3. The topological polar surface area (TPSA) is 37.4 Å². The van der Waals surface area contributed by atoms with E-state index in [0.717, 1.165) is 15.6 Å². The molecule has 0 bridgehead atoms. The van der Waals surface area contributed by atoms with Crippen LogP contribution in [-0.2, 0) is 9.59 Å². The summed E-state index contributed by atoms with van der Waals surface area (Å²) in [5.74, 6) is -1.36. The number of amides is 2. The largest absolute Gasteiger partial charge is 0.274 e. The number of allylic oxidation sites excluding steroid dienone is 2. The van der Waals surface area contributed by atoms with Crippen molar-refractivity contribution in [3.05, 3.63) is 113 Å². The average molecular weight is 458 g/mol. The van der Waals surface area contributed by atoms with Crippen LogP contribution < -0.4 is 4.90 Å². The van der Waals surface area contributed by atoms with E-state index in [9.17, 15) is 9.59 Å². The van der Waals surface area contributed by atoms with Crippen molar-refractivity contribution in [2.24, 2.45) is 11.8 Å². The van der Waals surface area contributed by atoms with Gasteiger partial charge >= 0.3 is 0 Å².